The van der Waals surface area contributed by atoms with Gasteiger partial charge in [-0.3, -0.25) is 4.79 Å². The van der Waals surface area contributed by atoms with Crippen molar-refractivity contribution in [2.24, 2.45) is 5.92 Å². The summed E-state index contributed by atoms with van der Waals surface area (Å²) in [7, 11) is -1.76. The minimum absolute atomic E-state index is 0.0627. The second kappa shape index (κ2) is 21.3. The Labute approximate surface area is 322 Å². The van der Waals surface area contributed by atoms with E-state index in [1.165, 1.54) is 81.0 Å². The summed E-state index contributed by atoms with van der Waals surface area (Å²) in [6.45, 7) is 22.2. The largest absolute Gasteiger partial charge is 0.410 e. The van der Waals surface area contributed by atoms with Crippen LogP contribution in [0.1, 0.15) is 145 Å². The quantitative estimate of drug-likeness (QED) is 0.0857. The molecule has 0 aliphatic rings. The van der Waals surface area contributed by atoms with Gasteiger partial charge >= 0.3 is 0 Å². The molecule has 2 aromatic carbocycles. The van der Waals surface area contributed by atoms with Gasteiger partial charge in [-0.25, -0.2) is 0 Å². The molecule has 7 heteroatoms. The van der Waals surface area contributed by atoms with Gasteiger partial charge in [-0.15, -0.1) is 0 Å². The van der Waals surface area contributed by atoms with E-state index in [0.717, 1.165) is 12.8 Å². The minimum atomic E-state index is -2.95. The summed E-state index contributed by atoms with van der Waals surface area (Å²) in [5, 5.41) is 14.5. The lowest BCUT2D eigenvalue weighted by atomic mass is 9.84. The number of benzene rings is 2. The minimum Gasteiger partial charge on any atom is -0.410 e. The predicted molar refractivity (Wildman–Crippen MR) is 229 cm³/mol. The van der Waals surface area contributed by atoms with Crippen molar-refractivity contribution in [3.05, 3.63) is 60.7 Å². The monoisotopic (exact) mass is 754 g/mol. The van der Waals surface area contributed by atoms with Gasteiger partial charge in [-0.05, 0) is 46.9 Å². The number of aliphatic hydroxyl groups is 1. The molecule has 0 aliphatic carbocycles. The molecule has 0 aliphatic heterocycles. The summed E-state index contributed by atoms with van der Waals surface area (Å²) >= 11 is 0. The first-order chi connectivity index (χ1) is 24.3. The van der Waals surface area contributed by atoms with Crippen LogP contribution >= 0.6 is 0 Å². The van der Waals surface area contributed by atoms with Gasteiger partial charge in [0.2, 0.25) is 5.91 Å². The molecule has 0 saturated heterocycles. The summed E-state index contributed by atoms with van der Waals surface area (Å²) in [4.78, 5) is 16.0. The Balaban J connectivity index is 2.36. The molecule has 0 aromatic heterocycles. The molecule has 5 nitrogen and oxygen atoms in total. The van der Waals surface area contributed by atoms with E-state index in [1.54, 1.807) is 4.90 Å². The van der Waals surface area contributed by atoms with Crippen molar-refractivity contribution >= 4 is 32.9 Å². The third-order valence-electron chi connectivity index (χ3n) is 11.6. The van der Waals surface area contributed by atoms with Crippen molar-refractivity contribution < 1.29 is 18.8 Å². The average molecular weight is 754 g/mol. The molecule has 2 aromatic rings. The highest BCUT2D eigenvalue weighted by Gasteiger charge is 2.53. The lowest BCUT2D eigenvalue weighted by Crippen LogP contribution is -2.68. The van der Waals surface area contributed by atoms with Crippen molar-refractivity contribution in [2.45, 2.75) is 180 Å². The third-order valence-corrected chi connectivity index (χ3v) is 21.1. The summed E-state index contributed by atoms with van der Waals surface area (Å²) < 4.78 is 14.6. The third kappa shape index (κ3) is 13.5. The SMILES string of the molecule is CCCCCCCCCCCCCCC[C@@](C)(O)[C@@H](O[Si](C)(C)C(C)(C)C)[C@H](CO[Si](c1ccccc1)(c1ccccc1)C(C)(C)C)C(=O)N(C)C. The number of nitrogens with zero attached hydrogens (tertiary/aromatic N) is 1. The van der Waals surface area contributed by atoms with Crippen LogP contribution in [-0.4, -0.2) is 65.0 Å². The molecule has 0 saturated carbocycles. The van der Waals surface area contributed by atoms with Crippen LogP contribution in [0.15, 0.2) is 60.7 Å². The fourth-order valence-electron chi connectivity index (χ4n) is 7.38. The van der Waals surface area contributed by atoms with Gasteiger partial charge in [-0.1, -0.05) is 193 Å². The first-order valence-electron chi connectivity index (χ1n) is 20.7. The number of carbonyl (C=O) groups is 1. The van der Waals surface area contributed by atoms with Crippen molar-refractivity contribution in [3.8, 4) is 0 Å². The van der Waals surface area contributed by atoms with Gasteiger partial charge in [0, 0.05) is 20.7 Å². The van der Waals surface area contributed by atoms with Crippen LogP contribution in [0.3, 0.4) is 0 Å². The van der Waals surface area contributed by atoms with Gasteiger partial charge in [0.05, 0.1) is 17.6 Å². The molecule has 2 rings (SSSR count). The Bertz CT molecular complexity index is 1230. The van der Waals surface area contributed by atoms with Crippen molar-refractivity contribution in [1.29, 1.82) is 0 Å². The van der Waals surface area contributed by atoms with Gasteiger partial charge in [0.1, 0.15) is 0 Å². The van der Waals surface area contributed by atoms with Gasteiger partial charge in [0.15, 0.2) is 8.32 Å². The van der Waals surface area contributed by atoms with Crippen LogP contribution in [0.5, 0.6) is 0 Å². The number of hydrogen-bond donors (Lipinski definition) is 1. The Morgan fingerprint density at radius 3 is 1.44 bits per heavy atom. The van der Waals surface area contributed by atoms with Crippen molar-refractivity contribution in [2.75, 3.05) is 20.7 Å². The van der Waals surface area contributed by atoms with Crippen LogP contribution in [0, 0.1) is 5.92 Å². The van der Waals surface area contributed by atoms with Crippen LogP contribution in [-0.2, 0) is 13.6 Å². The number of rotatable bonds is 24. The van der Waals surface area contributed by atoms with E-state index in [9.17, 15) is 9.90 Å². The highest BCUT2D eigenvalue weighted by atomic mass is 28.4. The Morgan fingerprint density at radius 2 is 1.08 bits per heavy atom. The fraction of sp³-hybridized carbons (Fsp3) is 0.711. The summed E-state index contributed by atoms with van der Waals surface area (Å²) in [6, 6.07) is 21.2. The smallest absolute Gasteiger partial charge is 0.261 e. The standard InChI is InChI=1S/C45H79NO4Si2/c1-13-14-15-16-17-18-19-20-21-22-23-24-31-36-45(8,48)41(50-51(11,12)43(2,3)4)40(42(47)46(9)10)37-49-52(44(5,6)7,38-32-27-25-28-33-38)39-34-29-26-30-35-39/h25-30,32-35,40-41,48H,13-24,31,36-37H2,1-12H3/t40-,41-,45+/m0/s1. The lowest BCUT2D eigenvalue weighted by molar-refractivity contribution is -0.149. The number of hydrogen-bond acceptors (Lipinski definition) is 4. The number of unbranched alkanes of at least 4 members (excludes halogenated alkanes) is 12. The molecule has 52 heavy (non-hydrogen) atoms. The van der Waals surface area contributed by atoms with Crippen LogP contribution in [0.4, 0.5) is 0 Å². The highest BCUT2D eigenvalue weighted by Crippen LogP contribution is 2.42. The zero-order valence-corrected chi connectivity index (χ0v) is 37.7. The summed E-state index contributed by atoms with van der Waals surface area (Å²) in [5.74, 6) is -0.741. The first kappa shape index (κ1) is 46.4. The lowest BCUT2D eigenvalue weighted by Gasteiger charge is -2.48. The van der Waals surface area contributed by atoms with Crippen molar-refractivity contribution in [1.82, 2.24) is 4.90 Å². The van der Waals surface area contributed by atoms with E-state index in [4.69, 9.17) is 8.85 Å². The zero-order valence-electron chi connectivity index (χ0n) is 35.7. The number of amides is 1. The molecular weight excluding hydrogens is 675 g/mol. The van der Waals surface area contributed by atoms with Crippen LogP contribution < -0.4 is 10.4 Å². The normalized spacial score (nSPS) is 15.2. The highest BCUT2D eigenvalue weighted by molar-refractivity contribution is 6.99. The Kier molecular flexibility index (Phi) is 19.0. The molecular formula is C45H79NO4Si2. The molecule has 0 heterocycles. The van der Waals surface area contributed by atoms with E-state index >= 15 is 0 Å². The molecule has 3 atom stereocenters. The second-order valence-corrected chi connectivity index (χ2v) is 27.5. The topological polar surface area (TPSA) is 59.0 Å². The van der Waals surface area contributed by atoms with Crippen LogP contribution in [0.2, 0.25) is 23.2 Å². The number of carbonyl (C=O) groups excluding carboxylic acids is 1. The Hall–Kier alpha value is -1.78. The molecule has 296 valence electrons. The molecule has 0 fully saturated rings. The maximum atomic E-state index is 14.4. The predicted octanol–water partition coefficient (Wildman–Crippen LogP) is 10.9. The summed E-state index contributed by atoms with van der Waals surface area (Å²) in [6.07, 6.45) is 16.5. The van der Waals surface area contributed by atoms with E-state index in [-0.39, 0.29) is 22.6 Å². The van der Waals surface area contributed by atoms with E-state index < -0.39 is 34.3 Å². The van der Waals surface area contributed by atoms with Crippen LogP contribution in [0.25, 0.3) is 0 Å². The van der Waals surface area contributed by atoms with Gasteiger partial charge in [-0.2, -0.15) is 0 Å². The zero-order chi connectivity index (χ0) is 39.1. The van der Waals surface area contributed by atoms with Crippen molar-refractivity contribution in [3.63, 3.8) is 0 Å². The van der Waals surface area contributed by atoms with E-state index in [2.05, 4.69) is 110 Å². The van der Waals surface area contributed by atoms with E-state index in [0.29, 0.717) is 6.42 Å². The van der Waals surface area contributed by atoms with E-state index in [1.807, 2.05) is 33.2 Å². The summed E-state index contributed by atoms with van der Waals surface area (Å²) in [5.41, 5.74) is -1.21. The first-order valence-corrected chi connectivity index (χ1v) is 25.5. The second-order valence-electron chi connectivity index (χ2n) is 18.5. The molecule has 0 spiro atoms. The maximum Gasteiger partial charge on any atom is 0.261 e. The molecule has 1 N–H and O–H groups in total. The van der Waals surface area contributed by atoms with Gasteiger partial charge < -0.3 is 18.9 Å². The maximum absolute atomic E-state index is 14.4. The molecule has 0 radical (unpaired) electrons. The molecule has 1 amide bonds. The Morgan fingerprint density at radius 1 is 0.673 bits per heavy atom. The fourth-order valence-corrected chi connectivity index (χ4v) is 13.4. The molecule has 0 unspecified atom stereocenters. The molecule has 0 bridgehead atoms. The average Bonchev–Trinajstić information content (AvgIpc) is 3.07. The van der Waals surface area contributed by atoms with Gasteiger partial charge in [0.25, 0.3) is 8.32 Å².